The van der Waals surface area contributed by atoms with Crippen molar-refractivity contribution in [2.75, 3.05) is 18.4 Å². The van der Waals surface area contributed by atoms with Gasteiger partial charge in [-0.05, 0) is 38.1 Å². The largest absolute Gasteiger partial charge is 0.416 e. The van der Waals surface area contributed by atoms with Crippen molar-refractivity contribution in [1.82, 2.24) is 19.9 Å². The smallest absolute Gasteiger partial charge is 0.373 e. The van der Waals surface area contributed by atoms with E-state index in [1.807, 2.05) is 32.0 Å². The van der Waals surface area contributed by atoms with Gasteiger partial charge in [0, 0.05) is 32.0 Å². The summed E-state index contributed by atoms with van der Waals surface area (Å²) in [6, 6.07) is 7.50. The van der Waals surface area contributed by atoms with Crippen molar-refractivity contribution in [2.24, 2.45) is 0 Å². The third-order valence-corrected chi connectivity index (χ3v) is 5.75. The van der Waals surface area contributed by atoms with E-state index < -0.39 is 11.7 Å². The molecule has 0 saturated carbocycles. The molecule has 0 unspecified atom stereocenters. The molecule has 31 heavy (non-hydrogen) atoms. The number of thiazole rings is 1. The number of alkyl halides is 3. The summed E-state index contributed by atoms with van der Waals surface area (Å²) in [5, 5.41) is 3.40. The van der Waals surface area contributed by atoms with Crippen molar-refractivity contribution < 1.29 is 17.9 Å². The molecule has 1 N–H and O–H groups in total. The summed E-state index contributed by atoms with van der Waals surface area (Å²) in [5.74, 6) is 0.0938. The Morgan fingerprint density at radius 3 is 2.58 bits per heavy atom. The van der Waals surface area contributed by atoms with Gasteiger partial charge in [-0.15, -0.1) is 0 Å². The van der Waals surface area contributed by atoms with E-state index in [-0.39, 0.29) is 18.0 Å². The van der Waals surface area contributed by atoms with Crippen molar-refractivity contribution in [3.05, 3.63) is 53.2 Å². The molecule has 2 atom stereocenters. The van der Waals surface area contributed by atoms with Gasteiger partial charge in [0.2, 0.25) is 0 Å². The van der Waals surface area contributed by atoms with E-state index in [0.717, 1.165) is 36.3 Å². The number of nitrogens with one attached hydrogen (secondary N) is 1. The molecule has 1 saturated heterocycles. The normalized spacial score (nSPS) is 20.0. The van der Waals surface area contributed by atoms with Crippen LogP contribution in [0.15, 0.2) is 42.7 Å². The Hall–Kier alpha value is -2.56. The fraction of sp³-hybridized carbons (Fsp3) is 0.381. The summed E-state index contributed by atoms with van der Waals surface area (Å²) in [6.07, 6.45) is -1.35. The third-order valence-electron chi connectivity index (χ3n) is 4.79. The Morgan fingerprint density at radius 1 is 1.13 bits per heavy atom. The van der Waals surface area contributed by atoms with Crippen molar-refractivity contribution >= 4 is 22.3 Å². The third kappa shape index (κ3) is 5.38. The zero-order chi connectivity index (χ0) is 22.0. The number of anilines is 2. The minimum absolute atomic E-state index is 0.0938. The number of halogens is 3. The lowest BCUT2D eigenvalue weighted by molar-refractivity contribution is -0.137. The van der Waals surface area contributed by atoms with Gasteiger partial charge in [-0.1, -0.05) is 17.4 Å². The van der Waals surface area contributed by atoms with Crippen LogP contribution in [0.4, 0.5) is 24.1 Å². The minimum Gasteiger partial charge on any atom is -0.373 e. The fourth-order valence-electron chi connectivity index (χ4n) is 3.62. The number of pyridine rings is 2. The van der Waals surface area contributed by atoms with Crippen LogP contribution >= 0.6 is 11.3 Å². The SMILES string of the molecule is C[C@@H]1CN(Cc2sc(Nc3cc(C(F)(F)F)ccn3)nc2-c2ccccn2)C[C@H](C)O1. The summed E-state index contributed by atoms with van der Waals surface area (Å²) in [6.45, 7) is 6.32. The average molecular weight is 450 g/mol. The maximum Gasteiger partial charge on any atom is 0.416 e. The van der Waals surface area contributed by atoms with Crippen molar-refractivity contribution in [1.29, 1.82) is 0 Å². The molecule has 0 bridgehead atoms. The minimum atomic E-state index is -4.43. The van der Waals surface area contributed by atoms with Crippen molar-refractivity contribution in [3.8, 4) is 11.4 Å². The molecule has 1 aliphatic heterocycles. The lowest BCUT2D eigenvalue weighted by atomic mass is 10.2. The van der Waals surface area contributed by atoms with Crippen LogP contribution in [0, 0.1) is 0 Å². The molecule has 4 heterocycles. The molecule has 3 aromatic rings. The summed E-state index contributed by atoms with van der Waals surface area (Å²) in [7, 11) is 0. The zero-order valence-electron chi connectivity index (χ0n) is 17.1. The zero-order valence-corrected chi connectivity index (χ0v) is 17.9. The summed E-state index contributed by atoms with van der Waals surface area (Å²) < 4.78 is 44.9. The van der Waals surface area contributed by atoms with Gasteiger partial charge in [-0.2, -0.15) is 13.2 Å². The molecule has 1 fully saturated rings. The average Bonchev–Trinajstić information content (AvgIpc) is 3.09. The molecular weight excluding hydrogens is 427 g/mol. The molecule has 10 heteroatoms. The lowest BCUT2D eigenvalue weighted by Gasteiger charge is -2.35. The molecule has 1 aliphatic rings. The first-order chi connectivity index (χ1) is 14.8. The molecule has 0 amide bonds. The second-order valence-electron chi connectivity index (χ2n) is 7.51. The van der Waals surface area contributed by atoms with Crippen LogP contribution in [0.25, 0.3) is 11.4 Å². The lowest BCUT2D eigenvalue weighted by Crippen LogP contribution is -2.44. The maximum absolute atomic E-state index is 13.0. The van der Waals surface area contributed by atoms with Crippen LogP contribution in [0.3, 0.4) is 0 Å². The molecule has 4 rings (SSSR count). The topological polar surface area (TPSA) is 63.2 Å². The first-order valence-corrected chi connectivity index (χ1v) is 10.7. The van der Waals surface area contributed by atoms with Crippen LogP contribution in [0.2, 0.25) is 0 Å². The maximum atomic E-state index is 13.0. The van der Waals surface area contributed by atoms with Crippen LogP contribution in [0.1, 0.15) is 24.3 Å². The van der Waals surface area contributed by atoms with Gasteiger partial charge in [0.1, 0.15) is 11.5 Å². The van der Waals surface area contributed by atoms with Gasteiger partial charge in [0.05, 0.1) is 28.3 Å². The quantitative estimate of drug-likeness (QED) is 0.593. The molecule has 0 aliphatic carbocycles. The van der Waals surface area contributed by atoms with E-state index in [0.29, 0.717) is 23.1 Å². The Morgan fingerprint density at radius 2 is 1.90 bits per heavy atom. The summed E-state index contributed by atoms with van der Waals surface area (Å²) >= 11 is 1.39. The van der Waals surface area contributed by atoms with E-state index in [1.54, 1.807) is 6.20 Å². The first-order valence-electron chi connectivity index (χ1n) is 9.87. The Bertz CT molecular complexity index is 1020. The van der Waals surface area contributed by atoms with Gasteiger partial charge < -0.3 is 10.1 Å². The number of aromatic nitrogens is 3. The highest BCUT2D eigenvalue weighted by Crippen LogP contribution is 2.34. The molecule has 164 valence electrons. The van der Waals surface area contributed by atoms with E-state index in [4.69, 9.17) is 4.74 Å². The van der Waals surface area contributed by atoms with Gasteiger partial charge in [-0.25, -0.2) is 9.97 Å². The highest BCUT2D eigenvalue weighted by atomic mass is 32.1. The first kappa shape index (κ1) is 21.7. The molecule has 6 nitrogen and oxygen atoms in total. The Kier molecular flexibility index (Phi) is 6.22. The number of rotatable bonds is 5. The van der Waals surface area contributed by atoms with Crippen LogP contribution < -0.4 is 5.32 Å². The van der Waals surface area contributed by atoms with E-state index in [9.17, 15) is 13.2 Å². The number of ether oxygens (including phenoxy) is 1. The Labute approximate surface area is 182 Å². The molecule has 0 radical (unpaired) electrons. The highest BCUT2D eigenvalue weighted by Gasteiger charge is 2.31. The summed E-state index contributed by atoms with van der Waals surface area (Å²) in [5.41, 5.74) is 0.669. The number of hydrogen-bond acceptors (Lipinski definition) is 7. The van der Waals surface area contributed by atoms with E-state index in [2.05, 4.69) is 25.2 Å². The highest BCUT2D eigenvalue weighted by molar-refractivity contribution is 7.16. The van der Waals surface area contributed by atoms with Crippen LogP contribution in [-0.4, -0.2) is 45.1 Å². The van der Waals surface area contributed by atoms with Gasteiger partial charge in [0.15, 0.2) is 5.13 Å². The van der Waals surface area contributed by atoms with Gasteiger partial charge >= 0.3 is 6.18 Å². The van der Waals surface area contributed by atoms with E-state index >= 15 is 0 Å². The summed E-state index contributed by atoms with van der Waals surface area (Å²) in [4.78, 5) is 16.3. The fourth-order valence-corrected chi connectivity index (χ4v) is 4.64. The number of nitrogens with zero attached hydrogens (tertiary/aromatic N) is 4. The van der Waals surface area contributed by atoms with Gasteiger partial charge in [-0.3, -0.25) is 9.88 Å². The molecule has 0 aromatic carbocycles. The standard InChI is InChI=1S/C21H22F3N5OS/c1-13-10-29(11-14(2)30-13)12-17-19(16-5-3-4-7-25-16)28-20(31-17)27-18-9-15(6-8-26-18)21(22,23)24/h3-9,13-14H,10-12H2,1-2H3,(H,26,27,28)/t13-,14+. The molecule has 3 aromatic heterocycles. The molecule has 0 spiro atoms. The second kappa shape index (κ2) is 8.89. The van der Waals surface area contributed by atoms with Crippen molar-refractivity contribution in [3.63, 3.8) is 0 Å². The molecular formula is C21H22F3N5OS. The van der Waals surface area contributed by atoms with Gasteiger partial charge in [0.25, 0.3) is 0 Å². The predicted molar refractivity (Wildman–Crippen MR) is 113 cm³/mol. The van der Waals surface area contributed by atoms with Crippen LogP contribution in [0.5, 0.6) is 0 Å². The number of hydrogen-bond donors (Lipinski definition) is 1. The van der Waals surface area contributed by atoms with Crippen molar-refractivity contribution in [2.45, 2.75) is 38.8 Å². The monoisotopic (exact) mass is 449 g/mol. The van der Waals surface area contributed by atoms with E-state index in [1.165, 1.54) is 11.3 Å². The predicted octanol–water partition coefficient (Wildman–Crippen LogP) is 4.97. The number of morpholine rings is 1. The van der Waals surface area contributed by atoms with Crippen LogP contribution in [-0.2, 0) is 17.5 Å². The second-order valence-corrected chi connectivity index (χ2v) is 8.59. The Balaban J connectivity index is 1.62.